The zero-order valence-electron chi connectivity index (χ0n) is 8.28. The maximum atomic E-state index is 5.80. The molecule has 0 bridgehead atoms. The fourth-order valence-electron chi connectivity index (χ4n) is 1.44. The summed E-state index contributed by atoms with van der Waals surface area (Å²) in [6.45, 7) is 5.50. The third-order valence-electron chi connectivity index (χ3n) is 2.27. The van der Waals surface area contributed by atoms with Gasteiger partial charge in [-0.3, -0.25) is 4.90 Å². The number of hydrogen-bond donors (Lipinski definition) is 1. The molecule has 1 aliphatic rings. The van der Waals surface area contributed by atoms with Gasteiger partial charge in [-0.15, -0.1) is 0 Å². The second kappa shape index (κ2) is 5.60. The van der Waals surface area contributed by atoms with E-state index in [4.69, 9.17) is 16.3 Å². The van der Waals surface area contributed by atoms with Gasteiger partial charge in [-0.2, -0.15) is 8.75 Å². The number of rotatable bonds is 4. The van der Waals surface area contributed by atoms with Crippen molar-refractivity contribution in [1.29, 1.82) is 0 Å². The van der Waals surface area contributed by atoms with Gasteiger partial charge in [0, 0.05) is 26.2 Å². The maximum absolute atomic E-state index is 5.80. The Balaban J connectivity index is 1.68. The van der Waals surface area contributed by atoms with Crippen LogP contribution in [0, 0.1) is 0 Å². The van der Waals surface area contributed by atoms with Crippen LogP contribution in [-0.2, 0) is 4.74 Å². The van der Waals surface area contributed by atoms with Crippen LogP contribution in [0.4, 0.5) is 5.82 Å². The van der Waals surface area contributed by atoms with Gasteiger partial charge in [0.2, 0.25) is 0 Å². The smallest absolute Gasteiger partial charge is 0.186 e. The van der Waals surface area contributed by atoms with Gasteiger partial charge in [0.05, 0.1) is 24.9 Å². The van der Waals surface area contributed by atoms with Crippen molar-refractivity contribution in [1.82, 2.24) is 13.6 Å². The monoisotopic (exact) mass is 248 g/mol. The summed E-state index contributed by atoms with van der Waals surface area (Å²) >= 11 is 6.93. The van der Waals surface area contributed by atoms with Crippen LogP contribution in [-0.4, -0.2) is 53.0 Å². The normalized spacial score (nSPS) is 17.9. The summed E-state index contributed by atoms with van der Waals surface area (Å²) in [7, 11) is 0. The Morgan fingerprint density at radius 3 is 2.87 bits per heavy atom. The van der Waals surface area contributed by atoms with Gasteiger partial charge in [0.1, 0.15) is 0 Å². The lowest BCUT2D eigenvalue weighted by Crippen LogP contribution is -2.39. The van der Waals surface area contributed by atoms with E-state index >= 15 is 0 Å². The first kappa shape index (κ1) is 11.1. The third kappa shape index (κ3) is 3.27. The topological polar surface area (TPSA) is 50.3 Å². The predicted molar refractivity (Wildman–Crippen MR) is 60.7 cm³/mol. The number of halogens is 1. The molecular weight excluding hydrogens is 236 g/mol. The summed E-state index contributed by atoms with van der Waals surface area (Å²) in [5, 5.41) is 3.62. The summed E-state index contributed by atoms with van der Waals surface area (Å²) in [6, 6.07) is 0. The average Bonchev–Trinajstić information content (AvgIpc) is 2.66. The van der Waals surface area contributed by atoms with Crippen molar-refractivity contribution in [2.75, 3.05) is 44.7 Å². The summed E-state index contributed by atoms with van der Waals surface area (Å²) in [6.07, 6.45) is 0. The molecule has 0 spiro atoms. The Kier molecular flexibility index (Phi) is 4.13. The number of nitrogens with one attached hydrogen (secondary N) is 1. The SMILES string of the molecule is Clc1nsnc1NCCN1CCOCC1. The zero-order chi connectivity index (χ0) is 10.5. The predicted octanol–water partition coefficient (Wildman–Crippen LogP) is 0.936. The Morgan fingerprint density at radius 2 is 2.20 bits per heavy atom. The highest BCUT2D eigenvalue weighted by Gasteiger charge is 2.10. The molecule has 0 aromatic carbocycles. The lowest BCUT2D eigenvalue weighted by Gasteiger charge is -2.26. The second-order valence-electron chi connectivity index (χ2n) is 3.28. The zero-order valence-corrected chi connectivity index (χ0v) is 9.85. The van der Waals surface area contributed by atoms with E-state index in [-0.39, 0.29) is 0 Å². The molecule has 0 radical (unpaired) electrons. The van der Waals surface area contributed by atoms with Crippen molar-refractivity contribution in [2.45, 2.75) is 0 Å². The van der Waals surface area contributed by atoms with E-state index in [2.05, 4.69) is 19.0 Å². The van der Waals surface area contributed by atoms with E-state index < -0.39 is 0 Å². The van der Waals surface area contributed by atoms with Crippen LogP contribution < -0.4 is 5.32 Å². The highest BCUT2D eigenvalue weighted by atomic mass is 35.5. The minimum Gasteiger partial charge on any atom is -0.379 e. The average molecular weight is 249 g/mol. The number of morpholine rings is 1. The Hall–Kier alpha value is -0.430. The van der Waals surface area contributed by atoms with Crippen molar-refractivity contribution in [2.24, 2.45) is 0 Å². The van der Waals surface area contributed by atoms with Crippen LogP contribution >= 0.6 is 23.3 Å². The van der Waals surface area contributed by atoms with Crippen LogP contribution in [0.2, 0.25) is 5.15 Å². The first-order valence-corrected chi connectivity index (χ1v) is 5.99. The van der Waals surface area contributed by atoms with E-state index in [1.807, 2.05) is 0 Å². The number of ether oxygens (including phenoxy) is 1. The van der Waals surface area contributed by atoms with Crippen molar-refractivity contribution < 1.29 is 4.74 Å². The fourth-order valence-corrected chi connectivity index (χ4v) is 2.12. The molecule has 7 heteroatoms. The molecule has 0 amide bonds. The lowest BCUT2D eigenvalue weighted by molar-refractivity contribution is 0.0398. The van der Waals surface area contributed by atoms with Gasteiger partial charge in [-0.1, -0.05) is 11.6 Å². The largest absolute Gasteiger partial charge is 0.379 e. The summed E-state index contributed by atoms with van der Waals surface area (Å²) < 4.78 is 13.2. The van der Waals surface area contributed by atoms with Gasteiger partial charge in [-0.25, -0.2) is 0 Å². The minimum atomic E-state index is 0.460. The van der Waals surface area contributed by atoms with E-state index in [1.54, 1.807) is 0 Å². The molecule has 1 fully saturated rings. The van der Waals surface area contributed by atoms with Crippen molar-refractivity contribution in [3.05, 3.63) is 5.15 Å². The molecule has 0 saturated carbocycles. The van der Waals surface area contributed by atoms with Gasteiger partial charge in [-0.05, 0) is 0 Å². The van der Waals surface area contributed by atoms with Crippen LogP contribution in [0.1, 0.15) is 0 Å². The molecule has 15 heavy (non-hydrogen) atoms. The number of aromatic nitrogens is 2. The van der Waals surface area contributed by atoms with E-state index in [0.29, 0.717) is 11.0 Å². The molecule has 1 aliphatic heterocycles. The molecule has 0 atom stereocenters. The lowest BCUT2D eigenvalue weighted by atomic mass is 10.4. The third-order valence-corrected chi connectivity index (χ3v) is 3.16. The first-order chi connectivity index (χ1) is 7.36. The highest BCUT2D eigenvalue weighted by Crippen LogP contribution is 2.17. The molecule has 1 aromatic heterocycles. The van der Waals surface area contributed by atoms with Gasteiger partial charge >= 0.3 is 0 Å². The van der Waals surface area contributed by atoms with Crippen molar-refractivity contribution >= 4 is 29.1 Å². The number of nitrogens with zero attached hydrogens (tertiary/aromatic N) is 3. The van der Waals surface area contributed by atoms with E-state index in [1.165, 1.54) is 0 Å². The van der Waals surface area contributed by atoms with E-state index in [0.717, 1.165) is 51.1 Å². The number of hydrogen-bond acceptors (Lipinski definition) is 6. The summed E-state index contributed by atoms with van der Waals surface area (Å²) in [4.78, 5) is 2.35. The summed E-state index contributed by atoms with van der Waals surface area (Å²) in [5.74, 6) is 0.690. The van der Waals surface area contributed by atoms with Gasteiger partial charge in [0.25, 0.3) is 0 Å². The van der Waals surface area contributed by atoms with Crippen LogP contribution in [0.5, 0.6) is 0 Å². The molecule has 2 rings (SSSR count). The van der Waals surface area contributed by atoms with Crippen LogP contribution in [0.15, 0.2) is 0 Å². The second-order valence-corrected chi connectivity index (χ2v) is 4.17. The minimum absolute atomic E-state index is 0.460. The quantitative estimate of drug-likeness (QED) is 0.859. The van der Waals surface area contributed by atoms with Gasteiger partial charge < -0.3 is 10.1 Å². The molecule has 2 heterocycles. The highest BCUT2D eigenvalue weighted by molar-refractivity contribution is 6.99. The molecule has 1 N–H and O–H groups in total. The molecule has 84 valence electrons. The fraction of sp³-hybridized carbons (Fsp3) is 0.750. The molecule has 1 aromatic rings. The van der Waals surface area contributed by atoms with Crippen molar-refractivity contribution in [3.63, 3.8) is 0 Å². The Labute approximate surface area is 97.7 Å². The maximum Gasteiger partial charge on any atom is 0.186 e. The van der Waals surface area contributed by atoms with Gasteiger partial charge in [0.15, 0.2) is 11.0 Å². The van der Waals surface area contributed by atoms with Crippen LogP contribution in [0.25, 0.3) is 0 Å². The molecule has 0 aliphatic carbocycles. The molecule has 5 nitrogen and oxygen atoms in total. The summed E-state index contributed by atoms with van der Waals surface area (Å²) in [5.41, 5.74) is 0. The Morgan fingerprint density at radius 1 is 1.40 bits per heavy atom. The first-order valence-electron chi connectivity index (χ1n) is 4.88. The number of anilines is 1. The van der Waals surface area contributed by atoms with Crippen LogP contribution in [0.3, 0.4) is 0 Å². The molecule has 1 saturated heterocycles. The van der Waals surface area contributed by atoms with Crippen molar-refractivity contribution in [3.8, 4) is 0 Å². The molecular formula is C8H13ClN4OS. The standard InChI is InChI=1S/C8H13ClN4OS/c9-7-8(12-15-11-7)10-1-2-13-3-5-14-6-4-13/h1-6H2,(H,10,12). The molecule has 0 unspecified atom stereocenters. The van der Waals surface area contributed by atoms with E-state index in [9.17, 15) is 0 Å². The Bertz CT molecular complexity index is 303.